The summed E-state index contributed by atoms with van der Waals surface area (Å²) in [5.41, 5.74) is -0.541. The fourth-order valence-electron chi connectivity index (χ4n) is 1.98. The quantitative estimate of drug-likeness (QED) is 0.689. The molecule has 0 aliphatic heterocycles. The van der Waals surface area contributed by atoms with Crippen LogP contribution < -0.4 is 10.7 Å². The molecule has 3 N–H and O–H groups in total. The molecule has 5 heteroatoms. The van der Waals surface area contributed by atoms with E-state index in [9.17, 15) is 14.7 Å². The van der Waals surface area contributed by atoms with Gasteiger partial charge in [0.2, 0.25) is 0 Å². The van der Waals surface area contributed by atoms with E-state index in [1.165, 1.54) is 18.5 Å². The number of aromatic nitrogens is 1. The second kappa shape index (κ2) is 4.00. The highest BCUT2D eigenvalue weighted by atomic mass is 16.3. The highest BCUT2D eigenvalue weighted by Gasteiger charge is 2.48. The zero-order chi connectivity index (χ0) is 12.6. The Bertz CT molecular complexity index is 493. The van der Waals surface area contributed by atoms with Crippen molar-refractivity contribution in [3.8, 4) is 0 Å². The minimum absolute atomic E-state index is 0.0930. The molecular weight excluding hydrogens is 220 g/mol. The van der Waals surface area contributed by atoms with Crippen molar-refractivity contribution in [2.45, 2.75) is 32.4 Å². The van der Waals surface area contributed by atoms with Gasteiger partial charge in [-0.25, -0.2) is 0 Å². The first-order valence-electron chi connectivity index (χ1n) is 5.59. The minimum Gasteiger partial charge on any atom is -0.392 e. The summed E-state index contributed by atoms with van der Waals surface area (Å²) in [6, 6.07) is 1.22. The van der Waals surface area contributed by atoms with Gasteiger partial charge in [-0.05, 0) is 6.42 Å². The number of carbonyl (C=O) groups is 1. The van der Waals surface area contributed by atoms with Crippen LogP contribution in [0, 0.1) is 5.41 Å². The number of aromatic amines is 1. The maximum Gasteiger partial charge on any atom is 0.256 e. The molecule has 1 aliphatic rings. The number of rotatable bonds is 2. The Kier molecular flexibility index (Phi) is 2.79. The Morgan fingerprint density at radius 2 is 2.29 bits per heavy atom. The van der Waals surface area contributed by atoms with E-state index in [1.807, 2.05) is 13.8 Å². The van der Waals surface area contributed by atoms with Gasteiger partial charge in [-0.15, -0.1) is 0 Å². The van der Waals surface area contributed by atoms with Crippen molar-refractivity contribution < 1.29 is 9.90 Å². The molecule has 1 aromatic rings. The molecule has 17 heavy (non-hydrogen) atoms. The van der Waals surface area contributed by atoms with Gasteiger partial charge in [-0.2, -0.15) is 0 Å². The standard InChI is InChI=1S/C12H16N2O3/c1-12(2)9(5-10(12)16)14-11(17)7-6-13-4-3-8(7)15/h3-4,6,9-10,16H,5H2,1-2H3,(H,13,15)(H,14,17). The van der Waals surface area contributed by atoms with Crippen molar-refractivity contribution in [3.63, 3.8) is 0 Å². The maximum atomic E-state index is 11.9. The Morgan fingerprint density at radius 3 is 2.82 bits per heavy atom. The van der Waals surface area contributed by atoms with E-state index in [4.69, 9.17) is 0 Å². The largest absolute Gasteiger partial charge is 0.392 e. The fraction of sp³-hybridized carbons (Fsp3) is 0.500. The number of carbonyl (C=O) groups excluding carboxylic acids is 1. The Morgan fingerprint density at radius 1 is 1.59 bits per heavy atom. The maximum absolute atomic E-state index is 11.9. The number of aliphatic hydroxyl groups excluding tert-OH is 1. The summed E-state index contributed by atoms with van der Waals surface area (Å²) in [4.78, 5) is 26.0. The van der Waals surface area contributed by atoms with Crippen molar-refractivity contribution >= 4 is 5.91 Å². The SMILES string of the molecule is CC1(C)C(O)CC1NC(=O)c1c[nH]ccc1=O. The molecule has 0 aromatic carbocycles. The second-order valence-electron chi connectivity index (χ2n) is 5.02. The van der Waals surface area contributed by atoms with Crippen LogP contribution in [0.5, 0.6) is 0 Å². The van der Waals surface area contributed by atoms with Gasteiger partial charge in [0, 0.05) is 29.9 Å². The molecule has 1 heterocycles. The average molecular weight is 236 g/mol. The Hall–Kier alpha value is -1.62. The molecule has 5 nitrogen and oxygen atoms in total. The zero-order valence-corrected chi connectivity index (χ0v) is 9.86. The van der Waals surface area contributed by atoms with Crippen molar-refractivity contribution in [1.82, 2.24) is 10.3 Å². The molecule has 2 unspecified atom stereocenters. The van der Waals surface area contributed by atoms with E-state index in [0.29, 0.717) is 6.42 Å². The van der Waals surface area contributed by atoms with E-state index in [0.717, 1.165) is 0 Å². The summed E-state index contributed by atoms with van der Waals surface area (Å²) in [5, 5.41) is 12.3. The predicted octanol–water partition coefficient (Wildman–Crippen LogP) is 0.264. The highest BCUT2D eigenvalue weighted by molar-refractivity contribution is 5.94. The molecule has 0 bridgehead atoms. The van der Waals surface area contributed by atoms with E-state index in [-0.39, 0.29) is 22.4 Å². The van der Waals surface area contributed by atoms with Crippen LogP contribution in [0.25, 0.3) is 0 Å². The lowest BCUT2D eigenvalue weighted by Gasteiger charge is -2.49. The van der Waals surface area contributed by atoms with Crippen molar-refractivity contribution in [2.24, 2.45) is 5.41 Å². The number of nitrogens with one attached hydrogen (secondary N) is 2. The molecule has 0 radical (unpaired) electrons. The lowest BCUT2D eigenvalue weighted by molar-refractivity contribution is -0.0689. The first-order valence-corrected chi connectivity index (χ1v) is 5.59. The van der Waals surface area contributed by atoms with Crippen LogP contribution in [0.4, 0.5) is 0 Å². The summed E-state index contributed by atoms with van der Waals surface area (Å²) >= 11 is 0. The first-order chi connectivity index (χ1) is 7.93. The number of amides is 1. The molecule has 1 saturated carbocycles. The zero-order valence-electron chi connectivity index (χ0n) is 9.86. The van der Waals surface area contributed by atoms with E-state index < -0.39 is 12.0 Å². The highest BCUT2D eigenvalue weighted by Crippen LogP contribution is 2.40. The molecular formula is C12H16N2O3. The van der Waals surface area contributed by atoms with Gasteiger partial charge in [0.05, 0.1) is 6.10 Å². The molecule has 1 fully saturated rings. The molecule has 92 valence electrons. The summed E-state index contributed by atoms with van der Waals surface area (Å²) < 4.78 is 0. The number of aliphatic hydroxyl groups is 1. The van der Waals surface area contributed by atoms with Gasteiger partial charge in [0.25, 0.3) is 5.91 Å². The number of pyridine rings is 1. The number of hydrogen-bond donors (Lipinski definition) is 3. The van der Waals surface area contributed by atoms with Gasteiger partial charge in [-0.1, -0.05) is 13.8 Å². The van der Waals surface area contributed by atoms with E-state index >= 15 is 0 Å². The van der Waals surface area contributed by atoms with Crippen LogP contribution in [0.15, 0.2) is 23.3 Å². The van der Waals surface area contributed by atoms with Crippen LogP contribution in [0.3, 0.4) is 0 Å². The van der Waals surface area contributed by atoms with Crippen LogP contribution >= 0.6 is 0 Å². The minimum atomic E-state index is -0.401. The lowest BCUT2D eigenvalue weighted by Crippen LogP contribution is -2.61. The predicted molar refractivity (Wildman–Crippen MR) is 62.7 cm³/mol. The van der Waals surface area contributed by atoms with Gasteiger partial charge in [0.15, 0.2) is 5.43 Å². The first kappa shape index (κ1) is 11.9. The molecule has 1 aliphatic carbocycles. The van der Waals surface area contributed by atoms with Gasteiger partial charge in [-0.3, -0.25) is 9.59 Å². The molecule has 1 amide bonds. The third-order valence-electron chi connectivity index (χ3n) is 3.59. The van der Waals surface area contributed by atoms with E-state index in [1.54, 1.807) is 0 Å². The summed E-state index contributed by atoms with van der Waals surface area (Å²) in [7, 11) is 0. The lowest BCUT2D eigenvalue weighted by atomic mass is 9.64. The molecule has 0 spiro atoms. The Balaban J connectivity index is 2.09. The molecule has 2 atom stereocenters. The summed E-state index contributed by atoms with van der Waals surface area (Å²) in [6.45, 7) is 3.78. The van der Waals surface area contributed by atoms with Crippen LogP contribution in [-0.4, -0.2) is 28.1 Å². The number of H-pyrrole nitrogens is 1. The van der Waals surface area contributed by atoms with Crippen LogP contribution in [0.1, 0.15) is 30.6 Å². The molecule has 2 rings (SSSR count). The molecule has 0 saturated heterocycles. The Labute approximate surface area is 98.9 Å². The monoisotopic (exact) mass is 236 g/mol. The van der Waals surface area contributed by atoms with Crippen molar-refractivity contribution in [1.29, 1.82) is 0 Å². The van der Waals surface area contributed by atoms with Crippen molar-refractivity contribution in [3.05, 3.63) is 34.2 Å². The summed E-state index contributed by atoms with van der Waals surface area (Å²) in [5.74, 6) is -0.392. The third kappa shape index (κ3) is 1.98. The van der Waals surface area contributed by atoms with Gasteiger partial charge >= 0.3 is 0 Å². The summed E-state index contributed by atoms with van der Waals surface area (Å²) in [6.07, 6.45) is 3.00. The van der Waals surface area contributed by atoms with Gasteiger partial charge in [0.1, 0.15) is 5.56 Å². The normalized spacial score (nSPS) is 26.1. The average Bonchev–Trinajstić information content (AvgIpc) is 2.29. The fourth-order valence-corrected chi connectivity index (χ4v) is 1.98. The smallest absolute Gasteiger partial charge is 0.256 e. The van der Waals surface area contributed by atoms with Crippen molar-refractivity contribution in [2.75, 3.05) is 0 Å². The second-order valence-corrected chi connectivity index (χ2v) is 5.02. The topological polar surface area (TPSA) is 82.2 Å². The number of hydrogen-bond acceptors (Lipinski definition) is 3. The molecule has 1 aromatic heterocycles. The van der Waals surface area contributed by atoms with Crippen LogP contribution in [0.2, 0.25) is 0 Å². The van der Waals surface area contributed by atoms with E-state index in [2.05, 4.69) is 10.3 Å². The van der Waals surface area contributed by atoms with Gasteiger partial charge < -0.3 is 15.4 Å². The van der Waals surface area contributed by atoms with Crippen LogP contribution in [-0.2, 0) is 0 Å². The third-order valence-corrected chi connectivity index (χ3v) is 3.59.